The van der Waals surface area contributed by atoms with E-state index in [1.165, 1.54) is 30.3 Å². The SMILES string of the molecule is CCC(=O)Nc1ccc(Cl)c(NC(=O)c2ccc(-c3ccccc3[N+](=O)[O-])o2)c1. The van der Waals surface area contributed by atoms with Gasteiger partial charge in [-0.25, -0.2) is 0 Å². The minimum atomic E-state index is -0.587. The van der Waals surface area contributed by atoms with Crippen LogP contribution < -0.4 is 10.6 Å². The van der Waals surface area contributed by atoms with Gasteiger partial charge in [-0.15, -0.1) is 0 Å². The summed E-state index contributed by atoms with van der Waals surface area (Å²) in [5.74, 6) is -0.616. The summed E-state index contributed by atoms with van der Waals surface area (Å²) in [4.78, 5) is 34.7. The van der Waals surface area contributed by atoms with Gasteiger partial charge in [0.25, 0.3) is 11.6 Å². The van der Waals surface area contributed by atoms with Crippen molar-refractivity contribution < 1.29 is 18.9 Å². The maximum atomic E-state index is 12.5. The monoisotopic (exact) mass is 413 g/mol. The predicted octanol–water partition coefficient (Wildman–Crippen LogP) is 5.11. The fourth-order valence-corrected chi connectivity index (χ4v) is 2.74. The molecule has 1 heterocycles. The molecule has 0 atom stereocenters. The fourth-order valence-electron chi connectivity index (χ4n) is 2.58. The second kappa shape index (κ2) is 8.57. The maximum absolute atomic E-state index is 12.5. The van der Waals surface area contributed by atoms with Crippen molar-refractivity contribution in [2.45, 2.75) is 13.3 Å². The molecular formula is C20H16ClN3O5. The Morgan fingerprint density at radius 1 is 1.10 bits per heavy atom. The van der Waals surface area contributed by atoms with Crippen molar-refractivity contribution in [1.29, 1.82) is 0 Å². The summed E-state index contributed by atoms with van der Waals surface area (Å²) in [6.45, 7) is 1.72. The lowest BCUT2D eigenvalue weighted by molar-refractivity contribution is -0.384. The number of nitrogens with zero attached hydrogens (tertiary/aromatic N) is 1. The number of para-hydroxylation sites is 1. The number of nitro benzene ring substituents is 1. The van der Waals surface area contributed by atoms with E-state index < -0.39 is 10.8 Å². The van der Waals surface area contributed by atoms with Crippen LogP contribution in [0.3, 0.4) is 0 Å². The molecule has 0 spiro atoms. The van der Waals surface area contributed by atoms with Gasteiger partial charge >= 0.3 is 0 Å². The summed E-state index contributed by atoms with van der Waals surface area (Å²) >= 11 is 6.12. The second-order valence-electron chi connectivity index (χ2n) is 5.99. The zero-order chi connectivity index (χ0) is 21.0. The third-order valence-electron chi connectivity index (χ3n) is 4.02. The van der Waals surface area contributed by atoms with E-state index in [2.05, 4.69) is 10.6 Å². The number of carbonyl (C=O) groups excluding carboxylic acids is 2. The molecule has 2 N–H and O–H groups in total. The first-order chi connectivity index (χ1) is 13.9. The van der Waals surface area contributed by atoms with Crippen LogP contribution in [0.25, 0.3) is 11.3 Å². The average molecular weight is 414 g/mol. The van der Waals surface area contributed by atoms with E-state index in [0.717, 1.165) is 0 Å². The molecule has 2 amide bonds. The van der Waals surface area contributed by atoms with Gasteiger partial charge in [-0.1, -0.05) is 30.7 Å². The number of nitro groups is 1. The van der Waals surface area contributed by atoms with Gasteiger partial charge in [0.15, 0.2) is 5.76 Å². The van der Waals surface area contributed by atoms with Crippen molar-refractivity contribution in [2.75, 3.05) is 10.6 Å². The van der Waals surface area contributed by atoms with Crippen molar-refractivity contribution >= 4 is 40.5 Å². The van der Waals surface area contributed by atoms with Crippen molar-refractivity contribution in [1.82, 2.24) is 0 Å². The number of anilines is 2. The standard InChI is InChI=1S/C20H16ClN3O5/c1-2-19(25)22-12-7-8-14(21)15(11-12)23-20(26)18-10-9-17(29-18)13-5-3-4-6-16(13)24(27)28/h3-11H,2H2,1H3,(H,22,25)(H,23,26). The molecule has 0 aliphatic rings. The average Bonchev–Trinajstić information content (AvgIpc) is 3.20. The molecule has 0 saturated carbocycles. The second-order valence-corrected chi connectivity index (χ2v) is 6.40. The van der Waals surface area contributed by atoms with Gasteiger partial charge in [-0.05, 0) is 36.4 Å². The van der Waals surface area contributed by atoms with Crippen molar-refractivity contribution in [3.8, 4) is 11.3 Å². The van der Waals surface area contributed by atoms with E-state index in [-0.39, 0.29) is 39.4 Å². The van der Waals surface area contributed by atoms with Crippen LogP contribution >= 0.6 is 11.6 Å². The minimum Gasteiger partial charge on any atom is -0.451 e. The molecule has 3 aromatic rings. The zero-order valence-electron chi connectivity index (χ0n) is 15.3. The van der Waals surface area contributed by atoms with Crippen LogP contribution in [0.15, 0.2) is 59.0 Å². The summed E-state index contributed by atoms with van der Waals surface area (Å²) in [5, 5.41) is 16.7. The van der Waals surface area contributed by atoms with Gasteiger partial charge in [0.2, 0.25) is 5.91 Å². The van der Waals surface area contributed by atoms with Crippen LogP contribution in [0.5, 0.6) is 0 Å². The van der Waals surface area contributed by atoms with Crippen molar-refractivity contribution in [3.63, 3.8) is 0 Å². The number of benzene rings is 2. The lowest BCUT2D eigenvalue weighted by atomic mass is 10.1. The molecule has 3 rings (SSSR count). The first-order valence-electron chi connectivity index (χ1n) is 8.63. The maximum Gasteiger partial charge on any atom is 0.291 e. The quantitative estimate of drug-likeness (QED) is 0.430. The topological polar surface area (TPSA) is 114 Å². The van der Waals surface area contributed by atoms with Crippen LogP contribution in [0, 0.1) is 10.1 Å². The number of halogens is 1. The normalized spacial score (nSPS) is 10.4. The highest BCUT2D eigenvalue weighted by atomic mass is 35.5. The first-order valence-corrected chi connectivity index (χ1v) is 9.01. The molecule has 0 saturated heterocycles. The van der Waals surface area contributed by atoms with E-state index >= 15 is 0 Å². The van der Waals surface area contributed by atoms with Gasteiger partial charge in [0.05, 0.1) is 21.2 Å². The van der Waals surface area contributed by atoms with Gasteiger partial charge < -0.3 is 15.1 Å². The van der Waals surface area contributed by atoms with Gasteiger partial charge in [-0.3, -0.25) is 19.7 Å². The third-order valence-corrected chi connectivity index (χ3v) is 4.35. The lowest BCUT2D eigenvalue weighted by Crippen LogP contribution is -2.13. The minimum absolute atomic E-state index is 0.0442. The van der Waals surface area contributed by atoms with Crippen LogP contribution in [-0.2, 0) is 4.79 Å². The van der Waals surface area contributed by atoms with Crippen LogP contribution in [0.4, 0.5) is 17.1 Å². The van der Waals surface area contributed by atoms with Crippen molar-refractivity contribution in [2.24, 2.45) is 0 Å². The lowest BCUT2D eigenvalue weighted by Gasteiger charge is -2.09. The number of furan rings is 1. The molecular weight excluding hydrogens is 398 g/mol. The number of amides is 2. The van der Waals surface area contributed by atoms with E-state index in [0.29, 0.717) is 12.1 Å². The van der Waals surface area contributed by atoms with Gasteiger partial charge in [0.1, 0.15) is 5.76 Å². The Hall–Kier alpha value is -3.65. The molecule has 0 radical (unpaired) electrons. The number of nitrogens with one attached hydrogen (secondary N) is 2. The summed E-state index contributed by atoms with van der Waals surface area (Å²) < 4.78 is 5.52. The molecule has 29 heavy (non-hydrogen) atoms. The summed E-state index contributed by atoms with van der Waals surface area (Å²) in [7, 11) is 0. The summed E-state index contributed by atoms with van der Waals surface area (Å²) in [6, 6.07) is 13.7. The molecule has 2 aromatic carbocycles. The highest BCUT2D eigenvalue weighted by Gasteiger charge is 2.20. The largest absolute Gasteiger partial charge is 0.451 e. The molecule has 0 aliphatic carbocycles. The molecule has 9 heteroatoms. The van der Waals surface area contributed by atoms with E-state index in [1.54, 1.807) is 31.2 Å². The van der Waals surface area contributed by atoms with E-state index in [4.69, 9.17) is 16.0 Å². The Bertz CT molecular complexity index is 1090. The Labute approximate surface area is 170 Å². The Kier molecular flexibility index (Phi) is 5.94. The number of carbonyl (C=O) groups is 2. The molecule has 0 fully saturated rings. The number of hydrogen-bond acceptors (Lipinski definition) is 5. The van der Waals surface area contributed by atoms with Crippen molar-refractivity contribution in [3.05, 3.63) is 75.5 Å². The summed E-state index contributed by atoms with van der Waals surface area (Å²) in [6.07, 6.45) is 0.311. The Morgan fingerprint density at radius 3 is 2.59 bits per heavy atom. The van der Waals surface area contributed by atoms with Gasteiger partial charge in [-0.2, -0.15) is 0 Å². The highest BCUT2D eigenvalue weighted by molar-refractivity contribution is 6.34. The molecule has 148 valence electrons. The highest BCUT2D eigenvalue weighted by Crippen LogP contribution is 2.31. The summed E-state index contributed by atoms with van der Waals surface area (Å²) in [5.41, 5.74) is 0.904. The molecule has 0 unspecified atom stereocenters. The first kappa shape index (κ1) is 20.1. The smallest absolute Gasteiger partial charge is 0.291 e. The van der Waals surface area contributed by atoms with Crippen LogP contribution in [-0.4, -0.2) is 16.7 Å². The molecule has 8 nitrogen and oxygen atoms in total. The number of rotatable bonds is 6. The van der Waals surface area contributed by atoms with Crippen LogP contribution in [0.1, 0.15) is 23.9 Å². The van der Waals surface area contributed by atoms with E-state index in [9.17, 15) is 19.7 Å². The molecule has 0 aliphatic heterocycles. The Morgan fingerprint density at radius 2 is 1.86 bits per heavy atom. The zero-order valence-corrected chi connectivity index (χ0v) is 16.0. The molecule has 0 bridgehead atoms. The van der Waals surface area contributed by atoms with E-state index in [1.807, 2.05) is 0 Å². The molecule has 1 aromatic heterocycles. The van der Waals surface area contributed by atoms with Crippen LogP contribution in [0.2, 0.25) is 5.02 Å². The number of hydrogen-bond donors (Lipinski definition) is 2. The Balaban J connectivity index is 1.82. The van der Waals surface area contributed by atoms with Gasteiger partial charge in [0, 0.05) is 18.2 Å². The predicted molar refractivity (Wildman–Crippen MR) is 109 cm³/mol. The fraction of sp³-hybridized carbons (Fsp3) is 0.100. The third kappa shape index (κ3) is 4.61.